The normalized spacial score (nSPS) is 14.4. The number of aryl methyl sites for hydroxylation is 1. The van der Waals surface area contributed by atoms with Gasteiger partial charge in [0, 0.05) is 48.1 Å². The van der Waals surface area contributed by atoms with Crippen molar-refractivity contribution in [1.29, 1.82) is 0 Å². The number of hydrogen-bond acceptors (Lipinski definition) is 4. The molecule has 1 fully saturated rings. The molecule has 2 aromatic carbocycles. The molecule has 1 aliphatic heterocycles. The Labute approximate surface area is 180 Å². The molecule has 2 N–H and O–H groups in total. The number of anilines is 1. The van der Waals surface area contributed by atoms with Crippen molar-refractivity contribution >= 4 is 22.3 Å². The van der Waals surface area contributed by atoms with Crippen LogP contribution in [0.15, 0.2) is 55.4 Å². The lowest BCUT2D eigenvalue weighted by Crippen LogP contribution is -2.18. The zero-order valence-electron chi connectivity index (χ0n) is 17.5. The molecule has 0 radical (unpaired) electrons. The van der Waals surface area contributed by atoms with Crippen LogP contribution in [-0.2, 0) is 13.6 Å². The molecule has 4 aromatic rings. The first-order chi connectivity index (χ1) is 15.1. The number of hydrogen-bond donors (Lipinski definition) is 2. The van der Waals surface area contributed by atoms with E-state index in [4.69, 9.17) is 0 Å². The Morgan fingerprint density at radius 2 is 1.97 bits per heavy atom. The number of halogens is 1. The first-order valence-corrected chi connectivity index (χ1v) is 10.5. The molecule has 5 rings (SSSR count). The summed E-state index contributed by atoms with van der Waals surface area (Å²) >= 11 is 0. The van der Waals surface area contributed by atoms with Gasteiger partial charge < -0.3 is 5.32 Å². The molecule has 2 aromatic heterocycles. The topological polar surface area (TPSA) is 61.8 Å². The lowest BCUT2D eigenvalue weighted by Gasteiger charge is -2.15. The number of rotatable bonds is 6. The molecule has 0 aliphatic carbocycles. The van der Waals surface area contributed by atoms with E-state index < -0.39 is 0 Å². The quantitative estimate of drug-likeness (QED) is 0.475. The van der Waals surface area contributed by atoms with Crippen molar-refractivity contribution < 1.29 is 4.39 Å². The predicted molar refractivity (Wildman–Crippen MR) is 122 cm³/mol. The van der Waals surface area contributed by atoms with E-state index in [9.17, 15) is 4.39 Å². The third-order valence-corrected chi connectivity index (χ3v) is 5.81. The Morgan fingerprint density at radius 3 is 2.68 bits per heavy atom. The number of H-pyrrole nitrogens is 1. The number of aromatic nitrogens is 4. The van der Waals surface area contributed by atoms with Crippen LogP contribution in [0.2, 0.25) is 0 Å². The fourth-order valence-electron chi connectivity index (χ4n) is 4.18. The van der Waals surface area contributed by atoms with Crippen LogP contribution in [0.1, 0.15) is 24.1 Å². The first kappa shape index (κ1) is 19.5. The number of fused-ring (bicyclic) bond motifs is 1. The molecule has 6 nitrogen and oxygen atoms in total. The molecular weight excluding hydrogens is 391 g/mol. The van der Waals surface area contributed by atoms with E-state index in [0.29, 0.717) is 22.5 Å². The molecule has 0 amide bonds. The van der Waals surface area contributed by atoms with Gasteiger partial charge in [-0.2, -0.15) is 10.2 Å². The molecule has 31 heavy (non-hydrogen) atoms. The second-order valence-electron chi connectivity index (χ2n) is 8.14. The van der Waals surface area contributed by atoms with E-state index in [1.807, 2.05) is 7.05 Å². The van der Waals surface area contributed by atoms with Crippen LogP contribution in [0.25, 0.3) is 27.7 Å². The fraction of sp³-hybridized carbons (Fsp3) is 0.250. The average Bonchev–Trinajstić information content (AvgIpc) is 3.50. The third kappa shape index (κ3) is 3.96. The summed E-state index contributed by atoms with van der Waals surface area (Å²) in [5.74, 6) is -0.317. The minimum Gasteiger partial charge on any atom is -0.354 e. The molecule has 7 heteroatoms. The van der Waals surface area contributed by atoms with Crippen LogP contribution in [0.4, 0.5) is 10.1 Å². The Morgan fingerprint density at radius 1 is 1.19 bits per heavy atom. The van der Waals surface area contributed by atoms with Crippen LogP contribution >= 0.6 is 0 Å². The number of likely N-dealkylation sites (tertiary alicyclic amines) is 1. The van der Waals surface area contributed by atoms with Crippen LogP contribution in [0.3, 0.4) is 0 Å². The second kappa shape index (κ2) is 8.00. The minimum absolute atomic E-state index is 0.317. The first-order valence-electron chi connectivity index (χ1n) is 10.5. The van der Waals surface area contributed by atoms with E-state index in [-0.39, 0.29) is 5.82 Å². The van der Waals surface area contributed by atoms with Gasteiger partial charge in [-0.05, 0) is 49.7 Å². The summed E-state index contributed by atoms with van der Waals surface area (Å²) in [7, 11) is 1.81. The molecule has 1 aliphatic rings. The van der Waals surface area contributed by atoms with E-state index in [1.54, 1.807) is 23.1 Å². The van der Waals surface area contributed by atoms with Crippen LogP contribution in [0, 0.1) is 5.82 Å². The van der Waals surface area contributed by atoms with Crippen molar-refractivity contribution in [2.45, 2.75) is 19.4 Å². The molecule has 3 heterocycles. The zero-order valence-corrected chi connectivity index (χ0v) is 17.5. The largest absolute Gasteiger partial charge is 0.354 e. The van der Waals surface area contributed by atoms with Gasteiger partial charge in [-0.15, -0.1) is 0 Å². The molecule has 0 saturated carbocycles. The van der Waals surface area contributed by atoms with Crippen molar-refractivity contribution in [3.05, 3.63) is 72.4 Å². The highest BCUT2D eigenvalue weighted by molar-refractivity contribution is 5.95. The van der Waals surface area contributed by atoms with Gasteiger partial charge in [0.05, 0.1) is 17.4 Å². The maximum atomic E-state index is 14.6. The molecule has 0 bridgehead atoms. The summed E-state index contributed by atoms with van der Waals surface area (Å²) in [5.41, 5.74) is 5.41. The maximum Gasteiger partial charge on any atom is 0.133 e. The van der Waals surface area contributed by atoms with E-state index >= 15 is 0 Å². The molecule has 0 spiro atoms. The SMILES string of the molecule is C=C(Nc1ccc(CN2CCCC2)cc1)c1n[nH]c2cc(F)c(-c3cnn(C)c3)cc12. The van der Waals surface area contributed by atoms with Gasteiger partial charge in [0.25, 0.3) is 0 Å². The summed E-state index contributed by atoms with van der Waals surface area (Å²) in [5, 5.41) is 15.6. The van der Waals surface area contributed by atoms with Gasteiger partial charge in [-0.25, -0.2) is 4.39 Å². The standard InChI is InChI=1S/C24H25FN6/c1-16(27-19-7-5-17(6-8-19)14-31-9-3-4-10-31)24-21-11-20(18-13-26-30(2)15-18)22(25)12-23(21)28-29-24/h5-8,11-13,15,27H,1,3-4,9-10,14H2,2H3,(H,28,29). The van der Waals surface area contributed by atoms with Gasteiger partial charge >= 0.3 is 0 Å². The van der Waals surface area contributed by atoms with E-state index in [2.05, 4.69) is 56.4 Å². The zero-order chi connectivity index (χ0) is 21.4. The Balaban J connectivity index is 1.37. The summed E-state index contributed by atoms with van der Waals surface area (Å²) in [6, 6.07) is 11.7. The van der Waals surface area contributed by atoms with Gasteiger partial charge in [0.15, 0.2) is 0 Å². The van der Waals surface area contributed by atoms with E-state index in [0.717, 1.165) is 23.2 Å². The lowest BCUT2D eigenvalue weighted by molar-refractivity contribution is 0.331. The summed E-state index contributed by atoms with van der Waals surface area (Å²) in [6.45, 7) is 7.53. The highest BCUT2D eigenvalue weighted by Crippen LogP contribution is 2.30. The lowest BCUT2D eigenvalue weighted by atomic mass is 10.0. The van der Waals surface area contributed by atoms with Crippen molar-refractivity contribution in [2.24, 2.45) is 7.05 Å². The molecule has 1 saturated heterocycles. The van der Waals surface area contributed by atoms with Gasteiger partial charge in [0.2, 0.25) is 0 Å². The molecular formula is C24H25FN6. The Kier molecular flexibility index (Phi) is 5.03. The fourth-order valence-corrected chi connectivity index (χ4v) is 4.18. The van der Waals surface area contributed by atoms with E-state index in [1.165, 1.54) is 37.6 Å². The number of nitrogens with one attached hydrogen (secondary N) is 2. The molecule has 0 atom stereocenters. The maximum absolute atomic E-state index is 14.6. The summed E-state index contributed by atoms with van der Waals surface area (Å²) in [4.78, 5) is 2.48. The van der Waals surface area contributed by atoms with Crippen molar-refractivity contribution in [1.82, 2.24) is 24.9 Å². The van der Waals surface area contributed by atoms with Crippen molar-refractivity contribution in [3.63, 3.8) is 0 Å². The van der Waals surface area contributed by atoms with Crippen LogP contribution < -0.4 is 5.32 Å². The van der Waals surface area contributed by atoms with Gasteiger partial charge in [0.1, 0.15) is 11.5 Å². The second-order valence-corrected chi connectivity index (χ2v) is 8.14. The smallest absolute Gasteiger partial charge is 0.133 e. The highest BCUT2D eigenvalue weighted by atomic mass is 19.1. The number of aromatic amines is 1. The summed E-state index contributed by atoms with van der Waals surface area (Å²) < 4.78 is 16.3. The number of benzene rings is 2. The number of nitrogens with zero attached hydrogens (tertiary/aromatic N) is 4. The molecule has 158 valence electrons. The Hall–Kier alpha value is -3.45. The van der Waals surface area contributed by atoms with Gasteiger partial charge in [-0.1, -0.05) is 18.7 Å². The Bertz CT molecular complexity index is 1230. The minimum atomic E-state index is -0.317. The average molecular weight is 417 g/mol. The monoisotopic (exact) mass is 416 g/mol. The van der Waals surface area contributed by atoms with Gasteiger partial charge in [-0.3, -0.25) is 14.7 Å². The van der Waals surface area contributed by atoms with Crippen molar-refractivity contribution in [2.75, 3.05) is 18.4 Å². The predicted octanol–water partition coefficient (Wildman–Crippen LogP) is 4.78. The molecule has 0 unspecified atom stereocenters. The highest BCUT2D eigenvalue weighted by Gasteiger charge is 2.16. The summed E-state index contributed by atoms with van der Waals surface area (Å²) in [6.07, 6.45) is 6.04. The van der Waals surface area contributed by atoms with Crippen LogP contribution in [0.5, 0.6) is 0 Å². The van der Waals surface area contributed by atoms with Crippen LogP contribution in [-0.4, -0.2) is 38.0 Å². The third-order valence-electron chi connectivity index (χ3n) is 5.81. The van der Waals surface area contributed by atoms with Crippen molar-refractivity contribution in [3.8, 4) is 11.1 Å².